The summed E-state index contributed by atoms with van der Waals surface area (Å²) in [7, 11) is 0. The maximum atomic E-state index is 11.5. The second-order valence-electron chi connectivity index (χ2n) is 6.10. The Hall–Kier alpha value is -1.59. The van der Waals surface area contributed by atoms with Crippen LogP contribution in [0.3, 0.4) is 0 Å². The average Bonchev–Trinajstić information content (AvgIpc) is 2.40. The van der Waals surface area contributed by atoms with Gasteiger partial charge in [-0.3, -0.25) is 4.79 Å². The van der Waals surface area contributed by atoms with Crippen LogP contribution in [0.2, 0.25) is 0 Å². The zero-order chi connectivity index (χ0) is 16.4. The van der Waals surface area contributed by atoms with Crippen LogP contribution >= 0.6 is 0 Å². The standard InChI is InChI=1S/C17H27NO4/c1-17(2,3)22-16(19)8-5-9-20-10-11-21-13-14-6-4-7-15(18)12-14/h4,6-7,12H,5,8-11,13,18H2,1-3H3. The molecular weight excluding hydrogens is 282 g/mol. The summed E-state index contributed by atoms with van der Waals surface area (Å²) in [4.78, 5) is 11.5. The number of anilines is 1. The fourth-order valence-corrected chi connectivity index (χ4v) is 1.80. The van der Waals surface area contributed by atoms with Gasteiger partial charge in [0.1, 0.15) is 5.60 Å². The molecule has 0 atom stereocenters. The van der Waals surface area contributed by atoms with Gasteiger partial charge in [-0.25, -0.2) is 0 Å². The van der Waals surface area contributed by atoms with E-state index in [-0.39, 0.29) is 5.97 Å². The highest BCUT2D eigenvalue weighted by molar-refractivity contribution is 5.69. The number of esters is 1. The first kappa shape index (κ1) is 18.5. The topological polar surface area (TPSA) is 70.8 Å². The van der Waals surface area contributed by atoms with Crippen molar-refractivity contribution in [2.45, 2.75) is 45.8 Å². The van der Waals surface area contributed by atoms with Crippen LogP contribution in [0.15, 0.2) is 24.3 Å². The van der Waals surface area contributed by atoms with Crippen molar-refractivity contribution in [1.82, 2.24) is 0 Å². The summed E-state index contributed by atoms with van der Waals surface area (Å²) in [6.07, 6.45) is 1.03. The molecule has 0 radical (unpaired) electrons. The van der Waals surface area contributed by atoms with E-state index < -0.39 is 5.60 Å². The number of rotatable bonds is 9. The molecule has 0 unspecified atom stereocenters. The van der Waals surface area contributed by atoms with Crippen molar-refractivity contribution in [3.05, 3.63) is 29.8 Å². The number of carbonyl (C=O) groups excluding carboxylic acids is 1. The van der Waals surface area contributed by atoms with Crippen LogP contribution in [0.5, 0.6) is 0 Å². The lowest BCUT2D eigenvalue weighted by molar-refractivity contribution is -0.155. The van der Waals surface area contributed by atoms with Crippen LogP contribution < -0.4 is 5.73 Å². The highest BCUT2D eigenvalue weighted by Gasteiger charge is 2.15. The van der Waals surface area contributed by atoms with Gasteiger partial charge >= 0.3 is 5.97 Å². The zero-order valence-electron chi connectivity index (χ0n) is 13.8. The van der Waals surface area contributed by atoms with E-state index in [1.54, 1.807) is 0 Å². The quantitative estimate of drug-likeness (QED) is 0.431. The van der Waals surface area contributed by atoms with Crippen molar-refractivity contribution in [3.63, 3.8) is 0 Å². The molecule has 0 aliphatic heterocycles. The first-order valence-electron chi connectivity index (χ1n) is 7.58. The van der Waals surface area contributed by atoms with Crippen LogP contribution in [0, 0.1) is 0 Å². The van der Waals surface area contributed by atoms with E-state index in [1.807, 2.05) is 45.0 Å². The fourth-order valence-electron chi connectivity index (χ4n) is 1.80. The zero-order valence-corrected chi connectivity index (χ0v) is 13.8. The molecule has 22 heavy (non-hydrogen) atoms. The summed E-state index contributed by atoms with van der Waals surface area (Å²) in [5.74, 6) is -0.186. The summed E-state index contributed by atoms with van der Waals surface area (Å²) in [5, 5.41) is 0. The molecule has 0 heterocycles. The Morgan fingerprint density at radius 2 is 1.86 bits per heavy atom. The van der Waals surface area contributed by atoms with Gasteiger partial charge in [0, 0.05) is 18.7 Å². The fraction of sp³-hybridized carbons (Fsp3) is 0.588. The van der Waals surface area contributed by atoms with Crippen LogP contribution in [0.4, 0.5) is 5.69 Å². The lowest BCUT2D eigenvalue weighted by Gasteiger charge is -2.19. The molecule has 1 aromatic carbocycles. The molecule has 0 aromatic heterocycles. The van der Waals surface area contributed by atoms with Gasteiger partial charge < -0.3 is 19.9 Å². The van der Waals surface area contributed by atoms with E-state index in [4.69, 9.17) is 19.9 Å². The van der Waals surface area contributed by atoms with Crippen molar-refractivity contribution in [3.8, 4) is 0 Å². The first-order chi connectivity index (χ1) is 10.4. The van der Waals surface area contributed by atoms with Crippen LogP contribution in [0.25, 0.3) is 0 Å². The maximum Gasteiger partial charge on any atom is 0.306 e. The Bertz CT molecular complexity index is 454. The normalized spacial score (nSPS) is 11.4. The smallest absolute Gasteiger partial charge is 0.306 e. The Morgan fingerprint density at radius 3 is 2.55 bits per heavy atom. The molecule has 5 nitrogen and oxygen atoms in total. The van der Waals surface area contributed by atoms with E-state index in [0.29, 0.717) is 39.3 Å². The molecule has 1 aromatic rings. The van der Waals surface area contributed by atoms with Gasteiger partial charge in [-0.05, 0) is 44.9 Å². The molecule has 0 aliphatic rings. The van der Waals surface area contributed by atoms with Crippen molar-refractivity contribution >= 4 is 11.7 Å². The average molecular weight is 309 g/mol. The Morgan fingerprint density at radius 1 is 1.14 bits per heavy atom. The molecule has 0 saturated carbocycles. The number of benzene rings is 1. The number of nitrogen functional groups attached to an aromatic ring is 1. The molecule has 0 bridgehead atoms. The molecule has 1 rings (SSSR count). The summed E-state index contributed by atoms with van der Waals surface area (Å²) < 4.78 is 16.1. The summed E-state index contributed by atoms with van der Waals surface area (Å²) >= 11 is 0. The van der Waals surface area contributed by atoms with Crippen LogP contribution in [-0.2, 0) is 25.6 Å². The molecule has 2 N–H and O–H groups in total. The third kappa shape index (κ3) is 9.37. The number of hydrogen-bond donors (Lipinski definition) is 1. The predicted octanol–water partition coefficient (Wildman–Crippen LogP) is 2.92. The molecule has 0 amide bonds. The highest BCUT2D eigenvalue weighted by Crippen LogP contribution is 2.09. The minimum absolute atomic E-state index is 0.186. The van der Waals surface area contributed by atoms with E-state index in [9.17, 15) is 4.79 Å². The third-order valence-electron chi connectivity index (χ3n) is 2.68. The van der Waals surface area contributed by atoms with Gasteiger partial charge in [0.15, 0.2) is 0 Å². The van der Waals surface area contributed by atoms with Gasteiger partial charge in [0.05, 0.1) is 19.8 Å². The summed E-state index contributed by atoms with van der Waals surface area (Å²) in [5.41, 5.74) is 7.05. The Balaban J connectivity index is 1.97. The van der Waals surface area contributed by atoms with E-state index in [0.717, 1.165) is 11.3 Å². The second kappa shape index (κ2) is 9.43. The van der Waals surface area contributed by atoms with Crippen LogP contribution in [-0.4, -0.2) is 31.4 Å². The van der Waals surface area contributed by atoms with Gasteiger partial charge in [0.25, 0.3) is 0 Å². The summed E-state index contributed by atoms with van der Waals surface area (Å²) in [6, 6.07) is 7.61. The first-order valence-corrected chi connectivity index (χ1v) is 7.58. The third-order valence-corrected chi connectivity index (χ3v) is 2.68. The van der Waals surface area contributed by atoms with Gasteiger partial charge in [0.2, 0.25) is 0 Å². The number of ether oxygens (including phenoxy) is 3. The number of carbonyl (C=O) groups is 1. The maximum absolute atomic E-state index is 11.5. The molecule has 0 saturated heterocycles. The molecule has 0 spiro atoms. The van der Waals surface area contributed by atoms with E-state index >= 15 is 0 Å². The molecule has 124 valence electrons. The highest BCUT2D eigenvalue weighted by atomic mass is 16.6. The van der Waals surface area contributed by atoms with Crippen molar-refractivity contribution in [2.24, 2.45) is 0 Å². The Labute approximate surface area is 132 Å². The molecule has 0 fully saturated rings. The monoisotopic (exact) mass is 309 g/mol. The lowest BCUT2D eigenvalue weighted by Crippen LogP contribution is -2.23. The molecule has 0 aliphatic carbocycles. The molecular formula is C17H27NO4. The second-order valence-corrected chi connectivity index (χ2v) is 6.10. The largest absolute Gasteiger partial charge is 0.460 e. The Kier molecular flexibility index (Phi) is 7.91. The SMILES string of the molecule is CC(C)(C)OC(=O)CCCOCCOCc1cccc(N)c1. The predicted molar refractivity (Wildman–Crippen MR) is 86.4 cm³/mol. The lowest BCUT2D eigenvalue weighted by atomic mass is 10.2. The van der Waals surface area contributed by atoms with Gasteiger partial charge in [-0.15, -0.1) is 0 Å². The van der Waals surface area contributed by atoms with E-state index in [1.165, 1.54) is 0 Å². The van der Waals surface area contributed by atoms with Crippen molar-refractivity contribution < 1.29 is 19.0 Å². The number of nitrogens with two attached hydrogens (primary N) is 1. The van der Waals surface area contributed by atoms with Crippen molar-refractivity contribution in [1.29, 1.82) is 0 Å². The van der Waals surface area contributed by atoms with Crippen molar-refractivity contribution in [2.75, 3.05) is 25.6 Å². The minimum atomic E-state index is -0.424. The number of hydrogen-bond acceptors (Lipinski definition) is 5. The van der Waals surface area contributed by atoms with Crippen LogP contribution in [0.1, 0.15) is 39.2 Å². The van der Waals surface area contributed by atoms with Gasteiger partial charge in [-0.2, -0.15) is 0 Å². The minimum Gasteiger partial charge on any atom is -0.460 e. The van der Waals surface area contributed by atoms with Gasteiger partial charge in [-0.1, -0.05) is 12.1 Å². The molecule has 5 heteroatoms. The van der Waals surface area contributed by atoms with E-state index in [2.05, 4.69) is 0 Å². The summed E-state index contributed by atoms with van der Waals surface area (Å²) in [6.45, 7) is 7.66.